The number of nitrogens with one attached hydrogen (secondary N) is 1. The van der Waals surface area contributed by atoms with E-state index in [0.29, 0.717) is 21.8 Å². The predicted octanol–water partition coefficient (Wildman–Crippen LogP) is 3.44. The standard InChI is InChI=1S/C16H21ClN8S/c1-9(2)8-23-14(17)13(12(5)22-23)7-18-25-15(19-20-16(25)26)24-11(4)6-10(3)21-24/h6-7,9H,8H2,1-5H3,(H,20,26)/b18-7-. The fraction of sp³-hybridized carbons (Fsp3) is 0.438. The molecule has 0 aliphatic rings. The summed E-state index contributed by atoms with van der Waals surface area (Å²) in [5, 5.41) is 20.9. The number of hydrogen-bond donors (Lipinski definition) is 1. The van der Waals surface area contributed by atoms with Gasteiger partial charge in [-0.05, 0) is 45.0 Å². The van der Waals surface area contributed by atoms with Crippen molar-refractivity contribution in [3.63, 3.8) is 0 Å². The summed E-state index contributed by atoms with van der Waals surface area (Å²) in [6.07, 6.45) is 1.65. The highest BCUT2D eigenvalue weighted by molar-refractivity contribution is 7.71. The predicted molar refractivity (Wildman–Crippen MR) is 104 cm³/mol. The van der Waals surface area contributed by atoms with Gasteiger partial charge in [-0.1, -0.05) is 25.4 Å². The molecule has 0 fully saturated rings. The molecule has 0 aliphatic carbocycles. The Bertz CT molecular complexity index is 1020. The number of aromatic nitrogens is 7. The van der Waals surface area contributed by atoms with Gasteiger partial charge in [0.2, 0.25) is 4.77 Å². The van der Waals surface area contributed by atoms with E-state index in [0.717, 1.165) is 29.2 Å². The average Bonchev–Trinajstić information content (AvgIpc) is 3.15. The second-order valence-corrected chi connectivity index (χ2v) is 7.33. The lowest BCUT2D eigenvalue weighted by Crippen LogP contribution is -2.07. The number of hydrogen-bond acceptors (Lipinski definition) is 5. The first kappa shape index (κ1) is 18.5. The van der Waals surface area contributed by atoms with Gasteiger partial charge in [-0.15, -0.1) is 5.10 Å². The molecule has 0 saturated carbocycles. The first-order chi connectivity index (χ1) is 12.3. The van der Waals surface area contributed by atoms with Crippen LogP contribution in [0.1, 0.15) is 36.5 Å². The van der Waals surface area contributed by atoms with Crippen LogP contribution >= 0.6 is 23.8 Å². The van der Waals surface area contributed by atoms with Crippen molar-refractivity contribution in [1.29, 1.82) is 0 Å². The van der Waals surface area contributed by atoms with E-state index in [9.17, 15) is 0 Å². The Morgan fingerprint density at radius 1 is 1.31 bits per heavy atom. The van der Waals surface area contributed by atoms with Gasteiger partial charge in [0.05, 0.1) is 23.2 Å². The first-order valence-electron chi connectivity index (χ1n) is 8.26. The Morgan fingerprint density at radius 3 is 2.65 bits per heavy atom. The minimum Gasteiger partial charge on any atom is -0.253 e. The lowest BCUT2D eigenvalue weighted by molar-refractivity contribution is 0.482. The monoisotopic (exact) mass is 392 g/mol. The van der Waals surface area contributed by atoms with Gasteiger partial charge < -0.3 is 0 Å². The second-order valence-electron chi connectivity index (χ2n) is 6.59. The van der Waals surface area contributed by atoms with E-state index in [1.807, 2.05) is 26.8 Å². The molecule has 0 saturated heterocycles. The van der Waals surface area contributed by atoms with Gasteiger partial charge in [-0.3, -0.25) is 4.68 Å². The molecule has 0 amide bonds. The summed E-state index contributed by atoms with van der Waals surface area (Å²) in [4.78, 5) is 0. The zero-order valence-corrected chi connectivity index (χ0v) is 16.9. The van der Waals surface area contributed by atoms with E-state index >= 15 is 0 Å². The molecule has 0 bridgehead atoms. The average molecular weight is 393 g/mol. The molecule has 3 aromatic heterocycles. The van der Waals surface area contributed by atoms with Crippen molar-refractivity contribution in [2.45, 2.75) is 41.2 Å². The highest BCUT2D eigenvalue weighted by atomic mass is 35.5. The summed E-state index contributed by atoms with van der Waals surface area (Å²) in [6.45, 7) is 10.8. The van der Waals surface area contributed by atoms with Gasteiger partial charge in [0, 0.05) is 12.2 Å². The molecule has 10 heteroatoms. The lowest BCUT2D eigenvalue weighted by Gasteiger charge is -2.05. The number of aromatic amines is 1. The molecule has 3 aromatic rings. The molecule has 0 aromatic carbocycles. The summed E-state index contributed by atoms with van der Waals surface area (Å²) in [7, 11) is 0. The molecule has 0 unspecified atom stereocenters. The molecule has 138 valence electrons. The highest BCUT2D eigenvalue weighted by Crippen LogP contribution is 2.19. The van der Waals surface area contributed by atoms with Crippen LogP contribution in [0.25, 0.3) is 5.95 Å². The van der Waals surface area contributed by atoms with Crippen molar-refractivity contribution in [3.05, 3.63) is 38.6 Å². The quantitative estimate of drug-likeness (QED) is 0.532. The fourth-order valence-corrected chi connectivity index (χ4v) is 3.12. The van der Waals surface area contributed by atoms with E-state index < -0.39 is 0 Å². The minimum absolute atomic E-state index is 0.368. The van der Waals surface area contributed by atoms with Gasteiger partial charge in [-0.25, -0.2) is 9.78 Å². The van der Waals surface area contributed by atoms with E-state index in [1.54, 1.807) is 15.6 Å². The summed E-state index contributed by atoms with van der Waals surface area (Å²) < 4.78 is 5.37. The SMILES string of the molecule is Cc1cc(C)n(-c2n[nH]c(=S)n2/N=C\c2c(C)nn(CC(C)C)c2Cl)n1. The van der Waals surface area contributed by atoms with Crippen LogP contribution < -0.4 is 0 Å². The van der Waals surface area contributed by atoms with Crippen molar-refractivity contribution >= 4 is 30.0 Å². The Balaban J connectivity index is 2.01. The van der Waals surface area contributed by atoms with Crippen molar-refractivity contribution in [2.24, 2.45) is 11.0 Å². The lowest BCUT2D eigenvalue weighted by atomic mass is 10.2. The van der Waals surface area contributed by atoms with E-state index in [4.69, 9.17) is 23.8 Å². The molecule has 3 rings (SSSR count). The van der Waals surface area contributed by atoms with Crippen LogP contribution in [0.4, 0.5) is 0 Å². The van der Waals surface area contributed by atoms with Crippen LogP contribution in [-0.4, -0.2) is 40.6 Å². The van der Waals surface area contributed by atoms with E-state index in [2.05, 4.69) is 39.3 Å². The fourth-order valence-electron chi connectivity index (χ4n) is 2.65. The van der Waals surface area contributed by atoms with Crippen LogP contribution in [0.15, 0.2) is 11.2 Å². The third kappa shape index (κ3) is 3.49. The molecule has 8 nitrogen and oxygen atoms in total. The third-order valence-corrected chi connectivity index (χ3v) is 4.45. The number of aryl methyl sites for hydroxylation is 3. The molecule has 0 spiro atoms. The number of H-pyrrole nitrogens is 1. The van der Waals surface area contributed by atoms with Gasteiger partial charge in [0.15, 0.2) is 0 Å². The largest absolute Gasteiger partial charge is 0.271 e. The van der Waals surface area contributed by atoms with Gasteiger partial charge in [0.1, 0.15) is 5.15 Å². The summed E-state index contributed by atoms with van der Waals surface area (Å²) >= 11 is 11.8. The smallest absolute Gasteiger partial charge is 0.253 e. The van der Waals surface area contributed by atoms with Crippen LogP contribution in [0.2, 0.25) is 5.15 Å². The molecule has 26 heavy (non-hydrogen) atoms. The van der Waals surface area contributed by atoms with Crippen molar-refractivity contribution < 1.29 is 0 Å². The van der Waals surface area contributed by atoms with E-state index in [1.165, 1.54) is 4.68 Å². The number of rotatable bonds is 5. The van der Waals surface area contributed by atoms with Crippen molar-refractivity contribution in [2.75, 3.05) is 0 Å². The van der Waals surface area contributed by atoms with Crippen molar-refractivity contribution in [3.8, 4) is 5.95 Å². The molecule has 0 radical (unpaired) electrons. The topological polar surface area (TPSA) is 81.6 Å². The zero-order valence-electron chi connectivity index (χ0n) is 15.4. The number of halogens is 1. The minimum atomic E-state index is 0.368. The highest BCUT2D eigenvalue weighted by Gasteiger charge is 2.15. The Kier molecular flexibility index (Phi) is 5.10. The summed E-state index contributed by atoms with van der Waals surface area (Å²) in [6, 6.07) is 1.96. The van der Waals surface area contributed by atoms with Gasteiger partial charge in [-0.2, -0.15) is 20.0 Å². The van der Waals surface area contributed by atoms with Gasteiger partial charge >= 0.3 is 0 Å². The van der Waals surface area contributed by atoms with Crippen LogP contribution in [0.3, 0.4) is 0 Å². The molecule has 0 atom stereocenters. The molecule has 0 aliphatic heterocycles. The zero-order chi connectivity index (χ0) is 19.0. The third-order valence-electron chi connectivity index (χ3n) is 3.78. The van der Waals surface area contributed by atoms with Crippen LogP contribution in [-0.2, 0) is 6.54 Å². The van der Waals surface area contributed by atoms with E-state index in [-0.39, 0.29) is 0 Å². The maximum absolute atomic E-state index is 6.47. The van der Waals surface area contributed by atoms with Crippen molar-refractivity contribution in [1.82, 2.24) is 34.4 Å². The second kappa shape index (κ2) is 7.16. The van der Waals surface area contributed by atoms with Gasteiger partial charge in [0.25, 0.3) is 5.95 Å². The number of nitrogens with zero attached hydrogens (tertiary/aromatic N) is 7. The molecular formula is C16H21ClN8S. The normalized spacial score (nSPS) is 12.0. The summed E-state index contributed by atoms with van der Waals surface area (Å²) in [5.41, 5.74) is 3.39. The molecular weight excluding hydrogens is 372 g/mol. The Hall–Kier alpha value is -2.26. The first-order valence-corrected chi connectivity index (χ1v) is 9.05. The van der Waals surface area contributed by atoms with Crippen LogP contribution in [0.5, 0.6) is 0 Å². The molecule has 1 N–H and O–H groups in total. The maximum atomic E-state index is 6.47. The summed E-state index contributed by atoms with van der Waals surface area (Å²) in [5.74, 6) is 0.928. The maximum Gasteiger partial charge on any atom is 0.271 e. The Labute approximate surface area is 161 Å². The van der Waals surface area contributed by atoms with Crippen LogP contribution in [0, 0.1) is 31.5 Å². The molecule has 3 heterocycles. The Morgan fingerprint density at radius 2 is 2.04 bits per heavy atom.